The third-order valence-electron chi connectivity index (χ3n) is 4.40. The van der Waals surface area contributed by atoms with Gasteiger partial charge in [-0.2, -0.15) is 0 Å². The summed E-state index contributed by atoms with van der Waals surface area (Å²) in [6.07, 6.45) is 0. The Hall–Kier alpha value is -3.66. The highest BCUT2D eigenvalue weighted by Gasteiger charge is 2.08. The molecule has 0 atom stereocenters. The molecular formula is C23H19N3O. The van der Waals surface area contributed by atoms with E-state index in [9.17, 15) is 0 Å². The van der Waals surface area contributed by atoms with Crippen LogP contribution in [0.3, 0.4) is 0 Å². The molecule has 0 saturated heterocycles. The van der Waals surface area contributed by atoms with Crippen LogP contribution in [0.2, 0.25) is 0 Å². The molecule has 0 fully saturated rings. The molecule has 132 valence electrons. The monoisotopic (exact) mass is 353 g/mol. The van der Waals surface area contributed by atoms with E-state index >= 15 is 0 Å². The summed E-state index contributed by atoms with van der Waals surface area (Å²) < 4.78 is 5.30. The van der Waals surface area contributed by atoms with Crippen molar-refractivity contribution in [1.82, 2.24) is 9.97 Å². The van der Waals surface area contributed by atoms with Gasteiger partial charge < -0.3 is 10.5 Å². The Morgan fingerprint density at radius 3 is 1.93 bits per heavy atom. The van der Waals surface area contributed by atoms with Crippen LogP contribution in [0.5, 0.6) is 5.75 Å². The Morgan fingerprint density at radius 2 is 1.22 bits per heavy atom. The number of nitrogens with two attached hydrogens (primary N) is 1. The number of benzene rings is 3. The Morgan fingerprint density at radius 1 is 0.630 bits per heavy atom. The van der Waals surface area contributed by atoms with E-state index in [0.717, 1.165) is 33.8 Å². The standard InChI is InChI=1S/C23H19N3O/c1-27-20-9-5-8-19(14-20)22-15-21(25-23(24)26-22)18-12-10-17(11-13-18)16-6-3-2-4-7-16/h2-15H,1H3,(H2,24,25,26). The Labute approximate surface area is 158 Å². The molecule has 0 aliphatic heterocycles. The maximum atomic E-state index is 5.97. The molecule has 1 heterocycles. The van der Waals surface area contributed by atoms with E-state index in [-0.39, 0.29) is 5.95 Å². The van der Waals surface area contributed by atoms with E-state index in [0.29, 0.717) is 0 Å². The van der Waals surface area contributed by atoms with Gasteiger partial charge in [-0.3, -0.25) is 0 Å². The van der Waals surface area contributed by atoms with Gasteiger partial charge in [0.2, 0.25) is 5.95 Å². The number of methoxy groups -OCH3 is 1. The smallest absolute Gasteiger partial charge is 0.221 e. The maximum Gasteiger partial charge on any atom is 0.221 e. The summed E-state index contributed by atoms with van der Waals surface area (Å²) in [6, 6.07) is 28.3. The molecule has 0 saturated carbocycles. The molecule has 3 aromatic carbocycles. The predicted octanol–water partition coefficient (Wildman–Crippen LogP) is 5.07. The normalized spacial score (nSPS) is 10.6. The van der Waals surface area contributed by atoms with Crippen molar-refractivity contribution in [3.05, 3.63) is 84.9 Å². The van der Waals surface area contributed by atoms with Crippen LogP contribution in [-0.2, 0) is 0 Å². The minimum atomic E-state index is 0.248. The third kappa shape index (κ3) is 3.65. The third-order valence-corrected chi connectivity index (χ3v) is 4.40. The van der Waals surface area contributed by atoms with Gasteiger partial charge in [0.15, 0.2) is 0 Å². The number of hydrogen-bond acceptors (Lipinski definition) is 4. The summed E-state index contributed by atoms with van der Waals surface area (Å²) in [5, 5.41) is 0. The first kappa shape index (κ1) is 16.8. The summed E-state index contributed by atoms with van der Waals surface area (Å²) in [5.74, 6) is 1.02. The number of anilines is 1. The largest absolute Gasteiger partial charge is 0.497 e. The van der Waals surface area contributed by atoms with Gasteiger partial charge >= 0.3 is 0 Å². The topological polar surface area (TPSA) is 61.0 Å². The highest BCUT2D eigenvalue weighted by Crippen LogP contribution is 2.28. The summed E-state index contributed by atoms with van der Waals surface area (Å²) in [7, 11) is 1.65. The molecule has 0 aliphatic carbocycles. The molecule has 4 nitrogen and oxygen atoms in total. The van der Waals surface area contributed by atoms with Crippen molar-refractivity contribution in [3.8, 4) is 39.4 Å². The van der Waals surface area contributed by atoms with Crippen LogP contribution in [0, 0.1) is 0 Å². The maximum absolute atomic E-state index is 5.97. The van der Waals surface area contributed by atoms with Gasteiger partial charge in [0.1, 0.15) is 5.75 Å². The van der Waals surface area contributed by atoms with Crippen LogP contribution in [0.4, 0.5) is 5.95 Å². The minimum absolute atomic E-state index is 0.248. The predicted molar refractivity (Wildman–Crippen MR) is 109 cm³/mol. The second kappa shape index (κ2) is 7.30. The number of rotatable bonds is 4. The van der Waals surface area contributed by atoms with Crippen LogP contribution >= 0.6 is 0 Å². The van der Waals surface area contributed by atoms with Gasteiger partial charge in [0.25, 0.3) is 0 Å². The van der Waals surface area contributed by atoms with Crippen molar-refractivity contribution < 1.29 is 4.74 Å². The van der Waals surface area contributed by atoms with E-state index in [1.54, 1.807) is 7.11 Å². The average Bonchev–Trinajstić information content (AvgIpc) is 2.74. The Bertz CT molecular complexity index is 1060. The molecule has 0 unspecified atom stereocenters. The average molecular weight is 353 g/mol. The molecule has 0 radical (unpaired) electrons. The zero-order chi connectivity index (χ0) is 18.6. The van der Waals surface area contributed by atoms with E-state index < -0.39 is 0 Å². The van der Waals surface area contributed by atoms with Crippen molar-refractivity contribution in [2.24, 2.45) is 0 Å². The van der Waals surface area contributed by atoms with Gasteiger partial charge in [-0.15, -0.1) is 0 Å². The SMILES string of the molecule is COc1cccc(-c2cc(-c3ccc(-c4ccccc4)cc3)nc(N)n2)c1. The zero-order valence-corrected chi connectivity index (χ0v) is 15.0. The van der Waals surface area contributed by atoms with Crippen molar-refractivity contribution in [1.29, 1.82) is 0 Å². The molecule has 0 amide bonds. The Kier molecular flexibility index (Phi) is 4.54. The van der Waals surface area contributed by atoms with E-state index in [2.05, 4.69) is 46.4 Å². The van der Waals surface area contributed by atoms with Crippen LogP contribution in [0.1, 0.15) is 0 Å². The lowest BCUT2D eigenvalue weighted by molar-refractivity contribution is 0.415. The molecule has 4 rings (SSSR count). The van der Waals surface area contributed by atoms with Crippen molar-refractivity contribution in [2.75, 3.05) is 12.8 Å². The quantitative estimate of drug-likeness (QED) is 0.556. The number of nitrogen functional groups attached to an aromatic ring is 1. The lowest BCUT2D eigenvalue weighted by Crippen LogP contribution is -1.98. The molecule has 4 aromatic rings. The van der Waals surface area contributed by atoms with Crippen molar-refractivity contribution in [3.63, 3.8) is 0 Å². The van der Waals surface area contributed by atoms with Crippen LogP contribution in [-0.4, -0.2) is 17.1 Å². The van der Waals surface area contributed by atoms with Gasteiger partial charge in [-0.05, 0) is 29.3 Å². The zero-order valence-electron chi connectivity index (χ0n) is 15.0. The van der Waals surface area contributed by atoms with Crippen molar-refractivity contribution in [2.45, 2.75) is 0 Å². The number of ether oxygens (including phenoxy) is 1. The van der Waals surface area contributed by atoms with Crippen LogP contribution in [0.15, 0.2) is 84.9 Å². The highest BCUT2D eigenvalue weighted by molar-refractivity contribution is 5.72. The van der Waals surface area contributed by atoms with E-state index in [1.807, 2.05) is 48.5 Å². The highest BCUT2D eigenvalue weighted by atomic mass is 16.5. The number of aromatic nitrogens is 2. The first-order valence-electron chi connectivity index (χ1n) is 8.68. The molecule has 0 bridgehead atoms. The van der Waals surface area contributed by atoms with E-state index in [4.69, 9.17) is 10.5 Å². The summed E-state index contributed by atoms with van der Waals surface area (Å²) in [5.41, 5.74) is 11.8. The van der Waals surface area contributed by atoms with Gasteiger partial charge in [0.05, 0.1) is 18.5 Å². The van der Waals surface area contributed by atoms with E-state index in [1.165, 1.54) is 5.56 Å². The fourth-order valence-electron chi connectivity index (χ4n) is 3.01. The van der Waals surface area contributed by atoms with Gasteiger partial charge in [0, 0.05) is 11.1 Å². The molecule has 0 aliphatic rings. The second-order valence-electron chi connectivity index (χ2n) is 6.17. The summed E-state index contributed by atoms with van der Waals surface area (Å²) in [6.45, 7) is 0. The van der Waals surface area contributed by atoms with Crippen molar-refractivity contribution >= 4 is 5.95 Å². The molecule has 4 heteroatoms. The lowest BCUT2D eigenvalue weighted by atomic mass is 10.0. The summed E-state index contributed by atoms with van der Waals surface area (Å²) >= 11 is 0. The molecule has 2 N–H and O–H groups in total. The van der Waals surface area contributed by atoms with Crippen LogP contribution < -0.4 is 10.5 Å². The molecule has 1 aromatic heterocycles. The number of hydrogen-bond donors (Lipinski definition) is 1. The fourth-order valence-corrected chi connectivity index (χ4v) is 3.01. The van der Waals surface area contributed by atoms with Crippen LogP contribution in [0.25, 0.3) is 33.6 Å². The first-order valence-corrected chi connectivity index (χ1v) is 8.68. The second-order valence-corrected chi connectivity index (χ2v) is 6.17. The van der Waals surface area contributed by atoms with Gasteiger partial charge in [-0.1, -0.05) is 66.7 Å². The molecular weight excluding hydrogens is 334 g/mol. The minimum Gasteiger partial charge on any atom is -0.497 e. The summed E-state index contributed by atoms with van der Waals surface area (Å²) in [4.78, 5) is 8.79. The fraction of sp³-hybridized carbons (Fsp3) is 0.0435. The first-order chi connectivity index (χ1) is 13.2. The molecule has 27 heavy (non-hydrogen) atoms. The number of nitrogens with zero attached hydrogens (tertiary/aromatic N) is 2. The Balaban J connectivity index is 1.71. The molecule has 0 spiro atoms. The van der Waals surface area contributed by atoms with Gasteiger partial charge in [-0.25, -0.2) is 9.97 Å². The lowest BCUT2D eigenvalue weighted by Gasteiger charge is -2.08.